The van der Waals surface area contributed by atoms with Crippen molar-refractivity contribution in [2.24, 2.45) is 4.40 Å². The highest BCUT2D eigenvalue weighted by atomic mass is 32.2. The number of anilines is 2. The molecule has 5 nitrogen and oxygen atoms in total. The summed E-state index contributed by atoms with van der Waals surface area (Å²) >= 11 is 0. The molecule has 0 atom stereocenters. The summed E-state index contributed by atoms with van der Waals surface area (Å²) in [6.07, 6.45) is 1.38. The van der Waals surface area contributed by atoms with Gasteiger partial charge in [0.05, 0.1) is 5.69 Å². The van der Waals surface area contributed by atoms with Gasteiger partial charge in [-0.05, 0) is 24.3 Å². The van der Waals surface area contributed by atoms with Crippen molar-refractivity contribution in [3.63, 3.8) is 0 Å². The summed E-state index contributed by atoms with van der Waals surface area (Å²) in [5, 5.41) is 3.29. The van der Waals surface area contributed by atoms with Crippen LogP contribution in [-0.2, 0) is 10.0 Å². The quantitative estimate of drug-likeness (QED) is 0.941. The van der Waals surface area contributed by atoms with E-state index in [1.165, 1.54) is 6.34 Å². The Morgan fingerprint density at radius 3 is 2.52 bits per heavy atom. The molecule has 108 valence electrons. The number of hydrogen-bond acceptors (Lipinski definition) is 4. The lowest BCUT2D eigenvalue weighted by Crippen LogP contribution is -2.31. The largest absolute Gasteiger partial charge is 0.383 e. The molecule has 0 saturated heterocycles. The molecule has 0 spiro atoms. The first-order valence-corrected chi connectivity index (χ1v) is 8.06. The summed E-state index contributed by atoms with van der Waals surface area (Å²) in [5.74, 6) is 0. The van der Waals surface area contributed by atoms with Crippen LogP contribution in [0.2, 0.25) is 0 Å². The van der Waals surface area contributed by atoms with Crippen LogP contribution < -0.4 is 10.2 Å². The predicted molar refractivity (Wildman–Crippen MR) is 84.4 cm³/mol. The molecular weight excluding hydrogens is 286 g/mol. The van der Waals surface area contributed by atoms with E-state index in [1.54, 1.807) is 18.2 Å². The second kappa shape index (κ2) is 5.57. The highest BCUT2D eigenvalue weighted by molar-refractivity contribution is 7.90. The van der Waals surface area contributed by atoms with Gasteiger partial charge in [0.25, 0.3) is 10.0 Å². The van der Waals surface area contributed by atoms with Gasteiger partial charge in [0.1, 0.15) is 11.2 Å². The molecule has 0 radical (unpaired) electrons. The van der Waals surface area contributed by atoms with E-state index in [4.69, 9.17) is 0 Å². The zero-order valence-electron chi connectivity index (χ0n) is 11.3. The fraction of sp³-hybridized carbons (Fsp3) is 0.133. The van der Waals surface area contributed by atoms with Gasteiger partial charge in [-0.2, -0.15) is 8.42 Å². The summed E-state index contributed by atoms with van der Waals surface area (Å²) < 4.78 is 27.4. The van der Waals surface area contributed by atoms with Crippen LogP contribution in [0.3, 0.4) is 0 Å². The molecule has 0 fully saturated rings. The summed E-state index contributed by atoms with van der Waals surface area (Å²) in [7, 11) is -3.54. The van der Waals surface area contributed by atoms with E-state index in [-0.39, 0.29) is 4.90 Å². The summed E-state index contributed by atoms with van der Waals surface area (Å²) in [6.45, 7) is 1.31. The average molecular weight is 301 g/mol. The van der Waals surface area contributed by atoms with E-state index in [2.05, 4.69) is 9.71 Å². The van der Waals surface area contributed by atoms with Crippen LogP contribution in [0.1, 0.15) is 0 Å². The maximum atomic E-state index is 11.9. The fourth-order valence-electron chi connectivity index (χ4n) is 2.21. The van der Waals surface area contributed by atoms with Crippen molar-refractivity contribution in [1.29, 1.82) is 0 Å². The number of nitrogens with zero attached hydrogens (tertiary/aromatic N) is 2. The lowest BCUT2D eigenvalue weighted by molar-refractivity contribution is 0.597. The van der Waals surface area contributed by atoms with Gasteiger partial charge in [0.15, 0.2) is 0 Å². The first-order valence-electron chi connectivity index (χ1n) is 6.62. The van der Waals surface area contributed by atoms with E-state index in [1.807, 2.05) is 41.3 Å². The van der Waals surface area contributed by atoms with E-state index in [9.17, 15) is 8.42 Å². The minimum atomic E-state index is -3.54. The molecule has 21 heavy (non-hydrogen) atoms. The Hall–Kier alpha value is -2.34. The molecule has 1 N–H and O–H groups in total. The lowest BCUT2D eigenvalue weighted by Gasteiger charge is -2.25. The topological polar surface area (TPSA) is 61.8 Å². The van der Waals surface area contributed by atoms with Crippen LogP contribution in [0.5, 0.6) is 0 Å². The molecular formula is C15H15N3O2S. The molecule has 0 bridgehead atoms. The second-order valence-corrected chi connectivity index (χ2v) is 6.25. The maximum absolute atomic E-state index is 11.9. The van der Waals surface area contributed by atoms with Gasteiger partial charge in [-0.3, -0.25) is 0 Å². The van der Waals surface area contributed by atoms with E-state index >= 15 is 0 Å². The van der Waals surface area contributed by atoms with Gasteiger partial charge in [0, 0.05) is 18.8 Å². The van der Waals surface area contributed by atoms with Gasteiger partial charge in [-0.1, -0.05) is 30.3 Å². The number of benzene rings is 2. The molecule has 0 amide bonds. The van der Waals surface area contributed by atoms with Crippen molar-refractivity contribution >= 4 is 27.7 Å². The number of para-hydroxylation sites is 2. The van der Waals surface area contributed by atoms with Crippen molar-refractivity contribution in [3.8, 4) is 0 Å². The monoisotopic (exact) mass is 301 g/mol. The van der Waals surface area contributed by atoms with Crippen LogP contribution in [0.4, 0.5) is 11.4 Å². The molecule has 6 heteroatoms. The Morgan fingerprint density at radius 2 is 1.71 bits per heavy atom. The summed E-state index contributed by atoms with van der Waals surface area (Å²) in [5.41, 5.74) is 1.70. The Labute approximate surface area is 124 Å². The fourth-order valence-corrected chi connectivity index (χ4v) is 3.26. The van der Waals surface area contributed by atoms with Crippen LogP contribution in [-0.4, -0.2) is 27.8 Å². The smallest absolute Gasteiger partial charge is 0.285 e. The Bertz CT molecular complexity index is 757. The summed E-state index contributed by atoms with van der Waals surface area (Å²) in [4.78, 5) is 2.10. The SMILES string of the molecule is O=S1(=O)N=CN(CCNc2ccccc2)c2ccccc21. The average Bonchev–Trinajstić information content (AvgIpc) is 2.51. The highest BCUT2D eigenvalue weighted by Gasteiger charge is 2.24. The van der Waals surface area contributed by atoms with Gasteiger partial charge in [-0.25, -0.2) is 0 Å². The van der Waals surface area contributed by atoms with Gasteiger partial charge < -0.3 is 10.2 Å². The van der Waals surface area contributed by atoms with Crippen molar-refractivity contribution in [2.45, 2.75) is 4.90 Å². The predicted octanol–water partition coefficient (Wildman–Crippen LogP) is 2.34. The number of nitrogens with one attached hydrogen (secondary N) is 1. The summed E-state index contributed by atoms with van der Waals surface area (Å²) in [6, 6.07) is 16.8. The van der Waals surface area contributed by atoms with E-state index < -0.39 is 10.0 Å². The Balaban J connectivity index is 1.72. The zero-order chi connectivity index (χ0) is 14.7. The molecule has 0 aromatic heterocycles. The van der Waals surface area contributed by atoms with E-state index in [0.717, 1.165) is 5.69 Å². The highest BCUT2D eigenvalue weighted by Crippen LogP contribution is 2.28. The van der Waals surface area contributed by atoms with Crippen molar-refractivity contribution in [2.75, 3.05) is 23.3 Å². The normalized spacial score (nSPS) is 15.5. The zero-order valence-corrected chi connectivity index (χ0v) is 12.1. The third kappa shape index (κ3) is 2.90. The van der Waals surface area contributed by atoms with Gasteiger partial charge in [0.2, 0.25) is 0 Å². The van der Waals surface area contributed by atoms with Crippen molar-refractivity contribution < 1.29 is 8.42 Å². The van der Waals surface area contributed by atoms with Gasteiger partial charge in [-0.15, -0.1) is 4.40 Å². The number of rotatable bonds is 4. The molecule has 0 aliphatic carbocycles. The molecule has 1 heterocycles. The first-order chi connectivity index (χ1) is 10.2. The van der Waals surface area contributed by atoms with Gasteiger partial charge >= 0.3 is 0 Å². The molecule has 1 aliphatic rings. The molecule has 0 unspecified atom stereocenters. The first kappa shape index (κ1) is 13.6. The van der Waals surface area contributed by atoms with Crippen LogP contribution >= 0.6 is 0 Å². The Kier molecular flexibility index (Phi) is 3.62. The number of hydrogen-bond donors (Lipinski definition) is 1. The molecule has 2 aromatic carbocycles. The van der Waals surface area contributed by atoms with Crippen LogP contribution in [0.15, 0.2) is 63.9 Å². The minimum Gasteiger partial charge on any atom is -0.383 e. The standard InChI is InChI=1S/C15H15N3O2S/c19-21(20)15-9-5-4-8-14(15)18(12-17-21)11-10-16-13-6-2-1-3-7-13/h1-9,12,16H,10-11H2. The maximum Gasteiger partial charge on any atom is 0.285 e. The van der Waals surface area contributed by atoms with Crippen molar-refractivity contribution in [1.82, 2.24) is 0 Å². The van der Waals surface area contributed by atoms with Crippen molar-refractivity contribution in [3.05, 3.63) is 54.6 Å². The number of sulfonamides is 1. The molecule has 3 rings (SSSR count). The number of fused-ring (bicyclic) bond motifs is 1. The third-order valence-electron chi connectivity index (χ3n) is 3.23. The van der Waals surface area contributed by atoms with Crippen LogP contribution in [0.25, 0.3) is 0 Å². The minimum absolute atomic E-state index is 0.257. The lowest BCUT2D eigenvalue weighted by atomic mass is 10.3. The van der Waals surface area contributed by atoms with Crippen LogP contribution in [0, 0.1) is 0 Å². The Morgan fingerprint density at radius 1 is 1.00 bits per heavy atom. The third-order valence-corrected chi connectivity index (χ3v) is 4.51. The molecule has 0 saturated carbocycles. The second-order valence-electron chi connectivity index (χ2n) is 4.65. The van der Waals surface area contributed by atoms with E-state index in [0.29, 0.717) is 18.8 Å². The molecule has 1 aliphatic heterocycles. The molecule has 2 aromatic rings.